The topological polar surface area (TPSA) is 9.23 Å². The summed E-state index contributed by atoms with van der Waals surface area (Å²) in [5, 5.41) is 0. The molecule has 0 heterocycles. The van der Waals surface area contributed by atoms with Gasteiger partial charge in [0.05, 0.1) is 6.10 Å². The minimum absolute atomic E-state index is 0.425. The molecule has 1 rings (SSSR count). The molecule has 11 heavy (non-hydrogen) atoms. The molecule has 1 nitrogen and oxygen atoms in total. The largest absolute Gasteiger partial charge is 0.382 e. The van der Waals surface area contributed by atoms with Crippen molar-refractivity contribution in [2.45, 2.75) is 43.5 Å². The maximum absolute atomic E-state index is 5.18. The standard InChI is InChI=1S/C9H17BrO/c1-7(11-2)3-6-9(10)8-4-5-8/h7-9H,3-6H2,1-2H3. The first-order valence-corrected chi connectivity index (χ1v) is 5.32. The van der Waals surface area contributed by atoms with Crippen LogP contribution in [0.5, 0.6) is 0 Å². The monoisotopic (exact) mass is 220 g/mol. The molecule has 0 aromatic rings. The first-order valence-electron chi connectivity index (χ1n) is 4.41. The lowest BCUT2D eigenvalue weighted by Gasteiger charge is -2.12. The van der Waals surface area contributed by atoms with E-state index in [2.05, 4.69) is 22.9 Å². The van der Waals surface area contributed by atoms with Crippen molar-refractivity contribution in [1.82, 2.24) is 0 Å². The van der Waals surface area contributed by atoms with Gasteiger partial charge in [0.15, 0.2) is 0 Å². The van der Waals surface area contributed by atoms with E-state index in [0.29, 0.717) is 6.10 Å². The molecule has 1 aliphatic rings. The van der Waals surface area contributed by atoms with E-state index in [1.165, 1.54) is 25.7 Å². The van der Waals surface area contributed by atoms with Gasteiger partial charge in [0.25, 0.3) is 0 Å². The van der Waals surface area contributed by atoms with E-state index in [4.69, 9.17) is 4.74 Å². The highest BCUT2D eigenvalue weighted by atomic mass is 79.9. The second-order valence-corrected chi connectivity index (χ2v) is 4.65. The van der Waals surface area contributed by atoms with Gasteiger partial charge in [-0.15, -0.1) is 0 Å². The Morgan fingerprint density at radius 2 is 2.09 bits per heavy atom. The Hall–Kier alpha value is 0.440. The van der Waals surface area contributed by atoms with Gasteiger partial charge in [-0.3, -0.25) is 0 Å². The summed E-state index contributed by atoms with van der Waals surface area (Å²) in [6.07, 6.45) is 5.73. The second kappa shape index (κ2) is 4.46. The lowest BCUT2D eigenvalue weighted by Crippen LogP contribution is -2.09. The molecule has 0 aliphatic heterocycles. The van der Waals surface area contributed by atoms with Gasteiger partial charge in [0.1, 0.15) is 0 Å². The van der Waals surface area contributed by atoms with Crippen LogP contribution in [-0.2, 0) is 4.74 Å². The van der Waals surface area contributed by atoms with Crippen LogP contribution in [0.4, 0.5) is 0 Å². The minimum Gasteiger partial charge on any atom is -0.382 e. The first-order chi connectivity index (χ1) is 5.24. The summed E-state index contributed by atoms with van der Waals surface area (Å²) >= 11 is 3.71. The first kappa shape index (κ1) is 9.53. The molecule has 1 fully saturated rings. The summed E-state index contributed by atoms with van der Waals surface area (Å²) < 4.78 is 5.18. The normalized spacial score (nSPS) is 23.2. The number of hydrogen-bond acceptors (Lipinski definition) is 1. The summed E-state index contributed by atoms with van der Waals surface area (Å²) in [6.45, 7) is 2.13. The lowest BCUT2D eigenvalue weighted by molar-refractivity contribution is 0.109. The van der Waals surface area contributed by atoms with Crippen LogP contribution >= 0.6 is 15.9 Å². The molecule has 2 atom stereocenters. The van der Waals surface area contributed by atoms with Crippen LogP contribution < -0.4 is 0 Å². The van der Waals surface area contributed by atoms with Crippen LogP contribution in [-0.4, -0.2) is 18.0 Å². The molecule has 0 spiro atoms. The van der Waals surface area contributed by atoms with Gasteiger partial charge in [0, 0.05) is 11.9 Å². The number of methoxy groups -OCH3 is 1. The SMILES string of the molecule is COC(C)CCC(Br)C1CC1. The lowest BCUT2D eigenvalue weighted by atomic mass is 10.1. The maximum atomic E-state index is 5.18. The molecule has 0 N–H and O–H groups in total. The van der Waals surface area contributed by atoms with Crippen molar-refractivity contribution in [1.29, 1.82) is 0 Å². The Balaban J connectivity index is 2.00. The molecular formula is C9H17BrO. The third kappa shape index (κ3) is 3.57. The Morgan fingerprint density at radius 1 is 1.45 bits per heavy atom. The van der Waals surface area contributed by atoms with E-state index < -0.39 is 0 Å². The van der Waals surface area contributed by atoms with Gasteiger partial charge in [-0.25, -0.2) is 0 Å². The van der Waals surface area contributed by atoms with Crippen LogP contribution in [0.2, 0.25) is 0 Å². The zero-order valence-corrected chi connectivity index (χ0v) is 8.93. The van der Waals surface area contributed by atoms with E-state index in [9.17, 15) is 0 Å². The summed E-state index contributed by atoms with van der Waals surface area (Å²) in [5.41, 5.74) is 0. The molecule has 0 amide bonds. The summed E-state index contributed by atoms with van der Waals surface area (Å²) in [4.78, 5) is 0.750. The highest BCUT2D eigenvalue weighted by Crippen LogP contribution is 2.38. The predicted octanol–water partition coefficient (Wildman–Crippen LogP) is 2.98. The molecule has 2 unspecified atom stereocenters. The second-order valence-electron chi connectivity index (χ2n) is 3.48. The van der Waals surface area contributed by atoms with Crippen molar-refractivity contribution in [2.24, 2.45) is 5.92 Å². The Bertz CT molecular complexity index is 112. The van der Waals surface area contributed by atoms with E-state index in [0.717, 1.165) is 10.7 Å². The zero-order chi connectivity index (χ0) is 8.27. The third-order valence-electron chi connectivity index (χ3n) is 2.38. The van der Waals surface area contributed by atoms with Gasteiger partial charge in [-0.05, 0) is 38.5 Å². The predicted molar refractivity (Wildman–Crippen MR) is 51.1 cm³/mol. The van der Waals surface area contributed by atoms with Gasteiger partial charge in [-0.2, -0.15) is 0 Å². The number of rotatable bonds is 5. The molecule has 66 valence electrons. The molecule has 1 aliphatic carbocycles. The number of hydrogen-bond donors (Lipinski definition) is 0. The smallest absolute Gasteiger partial charge is 0.0543 e. The van der Waals surface area contributed by atoms with Crippen molar-refractivity contribution < 1.29 is 4.74 Å². The Morgan fingerprint density at radius 3 is 2.55 bits per heavy atom. The average Bonchev–Trinajstić information content (AvgIpc) is 2.81. The van der Waals surface area contributed by atoms with Gasteiger partial charge >= 0.3 is 0 Å². The Labute approximate surface area is 77.6 Å². The molecule has 0 radical (unpaired) electrons. The summed E-state index contributed by atoms with van der Waals surface area (Å²) in [7, 11) is 1.78. The van der Waals surface area contributed by atoms with Gasteiger partial charge in [-0.1, -0.05) is 15.9 Å². The van der Waals surface area contributed by atoms with Crippen molar-refractivity contribution in [3.05, 3.63) is 0 Å². The molecular weight excluding hydrogens is 204 g/mol. The summed E-state index contributed by atoms with van der Waals surface area (Å²) in [6, 6.07) is 0. The Kier molecular flexibility index (Phi) is 3.86. The summed E-state index contributed by atoms with van der Waals surface area (Å²) in [5.74, 6) is 0.971. The number of halogens is 1. The van der Waals surface area contributed by atoms with Crippen LogP contribution in [0.15, 0.2) is 0 Å². The fourth-order valence-electron chi connectivity index (χ4n) is 1.21. The fraction of sp³-hybridized carbons (Fsp3) is 1.00. The quantitative estimate of drug-likeness (QED) is 0.648. The maximum Gasteiger partial charge on any atom is 0.0543 e. The van der Waals surface area contributed by atoms with Crippen molar-refractivity contribution in [3.63, 3.8) is 0 Å². The third-order valence-corrected chi connectivity index (χ3v) is 3.59. The zero-order valence-electron chi connectivity index (χ0n) is 7.35. The number of alkyl halides is 1. The molecule has 0 aromatic heterocycles. The van der Waals surface area contributed by atoms with Crippen LogP contribution in [0, 0.1) is 5.92 Å². The van der Waals surface area contributed by atoms with Crippen LogP contribution in [0.1, 0.15) is 32.6 Å². The molecule has 0 saturated heterocycles. The fourth-order valence-corrected chi connectivity index (χ4v) is 2.00. The van der Waals surface area contributed by atoms with Crippen molar-refractivity contribution in [3.8, 4) is 0 Å². The van der Waals surface area contributed by atoms with E-state index in [1.54, 1.807) is 7.11 Å². The molecule has 0 bridgehead atoms. The minimum atomic E-state index is 0.425. The highest BCUT2D eigenvalue weighted by Gasteiger charge is 2.28. The van der Waals surface area contributed by atoms with E-state index >= 15 is 0 Å². The van der Waals surface area contributed by atoms with Crippen molar-refractivity contribution >= 4 is 15.9 Å². The molecule has 1 saturated carbocycles. The number of ether oxygens (including phenoxy) is 1. The van der Waals surface area contributed by atoms with Crippen LogP contribution in [0.25, 0.3) is 0 Å². The molecule has 0 aromatic carbocycles. The van der Waals surface area contributed by atoms with Crippen molar-refractivity contribution in [2.75, 3.05) is 7.11 Å². The van der Waals surface area contributed by atoms with E-state index in [1.807, 2.05) is 0 Å². The van der Waals surface area contributed by atoms with E-state index in [-0.39, 0.29) is 0 Å². The van der Waals surface area contributed by atoms with Gasteiger partial charge < -0.3 is 4.74 Å². The average molecular weight is 221 g/mol. The van der Waals surface area contributed by atoms with Crippen LogP contribution in [0.3, 0.4) is 0 Å². The van der Waals surface area contributed by atoms with Gasteiger partial charge in [0.2, 0.25) is 0 Å². The highest BCUT2D eigenvalue weighted by molar-refractivity contribution is 9.09. The molecule has 2 heteroatoms.